The molecule has 154 valence electrons. The van der Waals surface area contributed by atoms with E-state index in [9.17, 15) is 14.7 Å². The summed E-state index contributed by atoms with van der Waals surface area (Å²) in [5, 5.41) is 18.6. The fourth-order valence-corrected chi connectivity index (χ4v) is 3.51. The second-order valence-electron chi connectivity index (χ2n) is 8.45. The summed E-state index contributed by atoms with van der Waals surface area (Å²) < 4.78 is 0. The second-order valence-corrected chi connectivity index (χ2v) is 8.45. The van der Waals surface area contributed by atoms with Crippen LogP contribution in [0.25, 0.3) is 0 Å². The van der Waals surface area contributed by atoms with E-state index in [1.54, 1.807) is 11.9 Å². The van der Waals surface area contributed by atoms with E-state index in [4.69, 9.17) is 5.11 Å². The van der Waals surface area contributed by atoms with Crippen LogP contribution in [-0.4, -0.2) is 45.2 Å². The van der Waals surface area contributed by atoms with Crippen molar-refractivity contribution in [2.75, 3.05) is 7.05 Å². The molecule has 0 spiro atoms. The number of carboxylic acids is 2. The molecule has 0 heterocycles. The Balaban J connectivity index is 4.22. The molecule has 5 nitrogen and oxygen atoms in total. The van der Waals surface area contributed by atoms with Crippen LogP contribution >= 0.6 is 0 Å². The van der Waals surface area contributed by atoms with Gasteiger partial charge in [-0.2, -0.15) is 0 Å². The monoisotopic (exact) mass is 371 g/mol. The molecular weight excluding hydrogens is 330 g/mol. The SMILES string of the molecule is CCCCCCCCCCCCC(C)(C)N(C)C(C)(CC(=O)O)C(=O)O. The van der Waals surface area contributed by atoms with Crippen molar-refractivity contribution in [3.8, 4) is 0 Å². The molecule has 1 atom stereocenters. The number of carbonyl (C=O) groups is 2. The van der Waals surface area contributed by atoms with Gasteiger partial charge in [-0.3, -0.25) is 14.5 Å². The molecule has 0 aromatic heterocycles. The molecule has 5 heteroatoms. The Hall–Kier alpha value is -1.10. The Morgan fingerprint density at radius 2 is 1.23 bits per heavy atom. The Labute approximate surface area is 160 Å². The summed E-state index contributed by atoms with van der Waals surface area (Å²) in [6.07, 6.45) is 13.1. The number of nitrogens with zero attached hydrogens (tertiary/aromatic N) is 1. The molecular formula is C21H41NO4. The zero-order valence-electron chi connectivity index (χ0n) is 17.6. The number of unbranched alkanes of at least 4 members (excludes halogenated alkanes) is 9. The highest BCUT2D eigenvalue weighted by molar-refractivity contribution is 5.84. The van der Waals surface area contributed by atoms with Crippen LogP contribution in [0.2, 0.25) is 0 Å². The van der Waals surface area contributed by atoms with E-state index in [0.29, 0.717) is 0 Å². The normalized spacial score (nSPS) is 14.4. The third-order valence-electron chi connectivity index (χ3n) is 5.75. The number of hydrogen-bond donors (Lipinski definition) is 2. The van der Waals surface area contributed by atoms with Gasteiger partial charge in [0, 0.05) is 5.54 Å². The van der Waals surface area contributed by atoms with Gasteiger partial charge in [0.2, 0.25) is 0 Å². The molecule has 26 heavy (non-hydrogen) atoms. The van der Waals surface area contributed by atoms with Crippen molar-refractivity contribution in [3.63, 3.8) is 0 Å². The largest absolute Gasteiger partial charge is 0.481 e. The van der Waals surface area contributed by atoms with E-state index in [-0.39, 0.29) is 5.54 Å². The van der Waals surface area contributed by atoms with Gasteiger partial charge in [-0.15, -0.1) is 0 Å². The second kappa shape index (κ2) is 12.3. The predicted molar refractivity (Wildman–Crippen MR) is 107 cm³/mol. The predicted octanol–water partition coefficient (Wildman–Crippen LogP) is 5.33. The van der Waals surface area contributed by atoms with E-state index < -0.39 is 23.9 Å². The first kappa shape index (κ1) is 24.9. The van der Waals surface area contributed by atoms with Crippen LogP contribution in [0.3, 0.4) is 0 Å². The molecule has 0 aromatic rings. The van der Waals surface area contributed by atoms with Gasteiger partial charge >= 0.3 is 11.9 Å². The van der Waals surface area contributed by atoms with Gasteiger partial charge in [-0.25, -0.2) is 0 Å². The Kier molecular flexibility index (Phi) is 11.8. The summed E-state index contributed by atoms with van der Waals surface area (Å²) in [4.78, 5) is 24.5. The molecule has 0 aromatic carbocycles. The fraction of sp³-hybridized carbons (Fsp3) is 0.905. The van der Waals surface area contributed by atoms with Gasteiger partial charge < -0.3 is 10.2 Å². The minimum Gasteiger partial charge on any atom is -0.481 e. The summed E-state index contributed by atoms with van der Waals surface area (Å²) >= 11 is 0. The number of likely N-dealkylation sites (N-methyl/N-ethyl adjacent to an activating group) is 1. The van der Waals surface area contributed by atoms with Gasteiger partial charge in [0.05, 0.1) is 6.42 Å². The number of aliphatic carboxylic acids is 2. The summed E-state index contributed by atoms with van der Waals surface area (Å²) in [6.45, 7) is 7.75. The van der Waals surface area contributed by atoms with Crippen LogP contribution in [0.4, 0.5) is 0 Å². The molecule has 0 saturated carbocycles. The Morgan fingerprint density at radius 3 is 1.62 bits per heavy atom. The minimum absolute atomic E-state index is 0.358. The van der Waals surface area contributed by atoms with Crippen LogP contribution in [-0.2, 0) is 9.59 Å². The smallest absolute Gasteiger partial charge is 0.324 e. The van der Waals surface area contributed by atoms with E-state index in [2.05, 4.69) is 6.92 Å². The van der Waals surface area contributed by atoms with Crippen molar-refractivity contribution in [3.05, 3.63) is 0 Å². The van der Waals surface area contributed by atoms with Crippen LogP contribution in [0.5, 0.6) is 0 Å². The molecule has 2 N–H and O–H groups in total. The molecule has 0 aliphatic heterocycles. The van der Waals surface area contributed by atoms with Crippen molar-refractivity contribution in [1.29, 1.82) is 0 Å². The zero-order chi connectivity index (χ0) is 20.2. The minimum atomic E-state index is -1.40. The van der Waals surface area contributed by atoms with Crippen molar-refractivity contribution >= 4 is 11.9 Å². The molecule has 0 saturated heterocycles. The molecule has 1 unspecified atom stereocenters. The molecule has 0 rings (SSSR count). The maximum absolute atomic E-state index is 11.7. The first-order valence-electron chi connectivity index (χ1n) is 10.3. The highest BCUT2D eigenvalue weighted by Crippen LogP contribution is 2.31. The van der Waals surface area contributed by atoms with Crippen LogP contribution in [0, 0.1) is 0 Å². The lowest BCUT2D eigenvalue weighted by molar-refractivity contribution is -0.160. The zero-order valence-corrected chi connectivity index (χ0v) is 17.6. The van der Waals surface area contributed by atoms with Crippen molar-refractivity contribution in [2.45, 2.75) is 116 Å². The number of carboxylic acid groups (broad SMARTS) is 2. The first-order chi connectivity index (χ1) is 12.1. The van der Waals surface area contributed by atoms with Crippen molar-refractivity contribution in [2.24, 2.45) is 0 Å². The fourth-order valence-electron chi connectivity index (χ4n) is 3.51. The molecule has 0 aliphatic carbocycles. The number of hydrogen-bond acceptors (Lipinski definition) is 3. The van der Waals surface area contributed by atoms with Crippen molar-refractivity contribution in [1.82, 2.24) is 4.90 Å². The lowest BCUT2D eigenvalue weighted by Crippen LogP contribution is -2.59. The van der Waals surface area contributed by atoms with E-state index in [1.807, 2.05) is 13.8 Å². The van der Waals surface area contributed by atoms with Crippen LogP contribution in [0.15, 0.2) is 0 Å². The van der Waals surface area contributed by atoms with Gasteiger partial charge in [-0.05, 0) is 34.2 Å². The van der Waals surface area contributed by atoms with Gasteiger partial charge in [0.15, 0.2) is 0 Å². The third kappa shape index (κ3) is 9.02. The lowest BCUT2D eigenvalue weighted by atomic mass is 9.86. The molecule has 0 amide bonds. The van der Waals surface area contributed by atoms with E-state index in [0.717, 1.165) is 19.3 Å². The summed E-state index contributed by atoms with van der Waals surface area (Å²) in [6, 6.07) is 0. The Morgan fingerprint density at radius 1 is 0.808 bits per heavy atom. The summed E-state index contributed by atoms with van der Waals surface area (Å²) in [5.74, 6) is -2.17. The molecule has 0 radical (unpaired) electrons. The number of rotatable bonds is 16. The third-order valence-corrected chi connectivity index (χ3v) is 5.75. The Bertz CT molecular complexity index is 422. The molecule has 0 bridgehead atoms. The summed E-state index contributed by atoms with van der Waals surface area (Å²) in [7, 11) is 1.73. The van der Waals surface area contributed by atoms with Gasteiger partial charge in [0.25, 0.3) is 0 Å². The topological polar surface area (TPSA) is 77.8 Å². The maximum Gasteiger partial charge on any atom is 0.324 e. The first-order valence-corrected chi connectivity index (χ1v) is 10.3. The standard InChI is InChI=1S/C21H41NO4/c1-6-7-8-9-10-11-12-13-14-15-16-20(2,3)22(5)21(4,19(25)26)17-18(23)24/h6-17H2,1-5H3,(H,23,24)(H,25,26). The highest BCUT2D eigenvalue weighted by Gasteiger charge is 2.45. The van der Waals surface area contributed by atoms with Crippen molar-refractivity contribution < 1.29 is 19.8 Å². The van der Waals surface area contributed by atoms with Gasteiger partial charge in [-0.1, -0.05) is 71.1 Å². The quantitative estimate of drug-likeness (QED) is 0.359. The average molecular weight is 372 g/mol. The highest BCUT2D eigenvalue weighted by atomic mass is 16.4. The maximum atomic E-state index is 11.7. The summed E-state index contributed by atoms with van der Waals surface area (Å²) in [5.41, 5.74) is -1.75. The average Bonchev–Trinajstić information content (AvgIpc) is 2.54. The molecule has 0 fully saturated rings. The van der Waals surface area contributed by atoms with E-state index in [1.165, 1.54) is 58.3 Å². The lowest BCUT2D eigenvalue weighted by Gasteiger charge is -2.45. The van der Waals surface area contributed by atoms with E-state index >= 15 is 0 Å². The van der Waals surface area contributed by atoms with Crippen LogP contribution in [0.1, 0.15) is 105 Å². The molecule has 0 aliphatic rings. The van der Waals surface area contributed by atoms with Gasteiger partial charge in [0.1, 0.15) is 5.54 Å². The van der Waals surface area contributed by atoms with Crippen LogP contribution < -0.4 is 0 Å².